The van der Waals surface area contributed by atoms with Crippen molar-refractivity contribution in [1.29, 1.82) is 0 Å². The maximum atomic E-state index is 11.9. The number of carbonyl (C=O) groups is 1. The highest BCUT2D eigenvalue weighted by atomic mass is 16.5. The Balaban J connectivity index is 1.85. The molecule has 0 bridgehead atoms. The fraction of sp³-hybridized carbons (Fsp3) is 0.286. The van der Waals surface area contributed by atoms with Crippen molar-refractivity contribution in [2.75, 3.05) is 25.6 Å². The Morgan fingerprint density at radius 1 is 1.19 bits per heavy atom. The van der Waals surface area contributed by atoms with Gasteiger partial charge in [-0.1, -0.05) is 0 Å². The second-order valence-corrected chi connectivity index (χ2v) is 4.26. The van der Waals surface area contributed by atoms with Gasteiger partial charge in [0.2, 0.25) is 0 Å². The van der Waals surface area contributed by atoms with Crippen molar-refractivity contribution >= 4 is 11.7 Å². The third kappa shape index (κ3) is 4.81. The largest absolute Gasteiger partial charge is 0.383 e. The quantitative estimate of drug-likeness (QED) is 0.734. The van der Waals surface area contributed by atoms with Crippen LogP contribution in [0.5, 0.6) is 0 Å². The van der Waals surface area contributed by atoms with Crippen molar-refractivity contribution in [2.45, 2.75) is 6.54 Å². The van der Waals surface area contributed by atoms with Gasteiger partial charge in [-0.15, -0.1) is 10.2 Å². The molecule has 7 heteroatoms. The van der Waals surface area contributed by atoms with Crippen LogP contribution in [0.25, 0.3) is 0 Å². The summed E-state index contributed by atoms with van der Waals surface area (Å²) in [5.74, 6) is 0.348. The number of amides is 1. The zero-order valence-corrected chi connectivity index (χ0v) is 11.7. The highest BCUT2D eigenvalue weighted by Gasteiger charge is 2.07. The van der Waals surface area contributed by atoms with Gasteiger partial charge in [0, 0.05) is 32.6 Å². The minimum Gasteiger partial charge on any atom is -0.383 e. The van der Waals surface area contributed by atoms with Crippen molar-refractivity contribution in [3.8, 4) is 0 Å². The summed E-state index contributed by atoms with van der Waals surface area (Å²) in [4.78, 5) is 15.8. The van der Waals surface area contributed by atoms with Gasteiger partial charge >= 0.3 is 0 Å². The van der Waals surface area contributed by atoms with Crippen LogP contribution in [0.1, 0.15) is 16.1 Å². The molecule has 2 N–H and O–H groups in total. The number of nitrogens with zero attached hydrogens (tertiary/aromatic N) is 3. The molecule has 0 unspecified atom stereocenters. The van der Waals surface area contributed by atoms with E-state index in [1.165, 1.54) is 0 Å². The number of hydrogen-bond donors (Lipinski definition) is 2. The lowest BCUT2D eigenvalue weighted by molar-refractivity contribution is 0.0945. The predicted octanol–water partition coefficient (Wildman–Crippen LogP) is 0.860. The standard InChI is InChI=1S/C14H17N5O2/c1-21-9-8-16-13-3-2-12(18-19-13)14(20)17-10-11-4-6-15-7-5-11/h2-7H,8-10H2,1H3,(H,16,19)(H,17,20). The average Bonchev–Trinajstić information content (AvgIpc) is 2.54. The van der Waals surface area contributed by atoms with Crippen LogP contribution in [0, 0.1) is 0 Å². The summed E-state index contributed by atoms with van der Waals surface area (Å²) in [5, 5.41) is 13.6. The Morgan fingerprint density at radius 3 is 2.67 bits per heavy atom. The molecule has 0 aliphatic rings. The average molecular weight is 287 g/mol. The molecular formula is C14H17N5O2. The summed E-state index contributed by atoms with van der Waals surface area (Å²) < 4.78 is 4.92. The first-order chi connectivity index (χ1) is 10.3. The van der Waals surface area contributed by atoms with E-state index in [0.29, 0.717) is 25.5 Å². The number of anilines is 1. The molecule has 0 aliphatic heterocycles. The summed E-state index contributed by atoms with van der Waals surface area (Å²) in [6, 6.07) is 7.03. The lowest BCUT2D eigenvalue weighted by Crippen LogP contribution is -2.24. The van der Waals surface area contributed by atoms with Crippen LogP contribution in [-0.2, 0) is 11.3 Å². The lowest BCUT2D eigenvalue weighted by atomic mass is 10.2. The van der Waals surface area contributed by atoms with Gasteiger partial charge in [-0.25, -0.2) is 0 Å². The molecule has 0 atom stereocenters. The second-order valence-electron chi connectivity index (χ2n) is 4.26. The highest BCUT2D eigenvalue weighted by Crippen LogP contribution is 2.02. The number of aromatic nitrogens is 3. The van der Waals surface area contributed by atoms with Gasteiger partial charge in [0.1, 0.15) is 5.82 Å². The van der Waals surface area contributed by atoms with E-state index in [0.717, 1.165) is 5.56 Å². The Labute approximate surface area is 122 Å². The molecule has 7 nitrogen and oxygen atoms in total. The van der Waals surface area contributed by atoms with Gasteiger partial charge < -0.3 is 15.4 Å². The first-order valence-electron chi connectivity index (χ1n) is 6.53. The number of ether oxygens (including phenoxy) is 1. The van der Waals surface area contributed by atoms with Crippen LogP contribution in [-0.4, -0.2) is 41.3 Å². The maximum Gasteiger partial charge on any atom is 0.272 e. The second kappa shape index (κ2) is 7.91. The van der Waals surface area contributed by atoms with Gasteiger partial charge in [0.05, 0.1) is 6.61 Å². The topological polar surface area (TPSA) is 89.0 Å². The van der Waals surface area contributed by atoms with Crippen LogP contribution < -0.4 is 10.6 Å². The monoisotopic (exact) mass is 287 g/mol. The fourth-order valence-electron chi connectivity index (χ4n) is 1.60. The van der Waals surface area contributed by atoms with E-state index in [1.54, 1.807) is 31.6 Å². The summed E-state index contributed by atoms with van der Waals surface area (Å²) in [6.07, 6.45) is 3.36. The minimum absolute atomic E-state index is 0.261. The van der Waals surface area contributed by atoms with Gasteiger partial charge in [-0.3, -0.25) is 9.78 Å². The summed E-state index contributed by atoms with van der Waals surface area (Å²) in [7, 11) is 1.63. The number of rotatable bonds is 7. The molecule has 0 saturated carbocycles. The van der Waals surface area contributed by atoms with E-state index in [9.17, 15) is 4.79 Å². The molecule has 0 saturated heterocycles. The minimum atomic E-state index is -0.261. The third-order valence-corrected chi connectivity index (χ3v) is 2.71. The van der Waals surface area contributed by atoms with Crippen LogP contribution >= 0.6 is 0 Å². The van der Waals surface area contributed by atoms with Crippen molar-refractivity contribution in [3.63, 3.8) is 0 Å². The van der Waals surface area contributed by atoms with Crippen LogP contribution in [0.15, 0.2) is 36.7 Å². The van der Waals surface area contributed by atoms with Crippen molar-refractivity contribution in [3.05, 3.63) is 47.9 Å². The Bertz CT molecular complexity index is 559. The van der Waals surface area contributed by atoms with Crippen LogP contribution in [0.4, 0.5) is 5.82 Å². The van der Waals surface area contributed by atoms with E-state index in [1.807, 2.05) is 12.1 Å². The molecule has 2 aromatic heterocycles. The van der Waals surface area contributed by atoms with Crippen LogP contribution in [0.2, 0.25) is 0 Å². The predicted molar refractivity (Wildman–Crippen MR) is 77.8 cm³/mol. The fourth-order valence-corrected chi connectivity index (χ4v) is 1.60. The van der Waals surface area contributed by atoms with Crippen molar-refractivity contribution in [1.82, 2.24) is 20.5 Å². The summed E-state index contributed by atoms with van der Waals surface area (Å²) in [5.41, 5.74) is 1.26. The smallest absolute Gasteiger partial charge is 0.272 e. The molecule has 0 radical (unpaired) electrons. The third-order valence-electron chi connectivity index (χ3n) is 2.71. The SMILES string of the molecule is COCCNc1ccc(C(=O)NCc2ccncc2)nn1. The Kier molecular flexibility index (Phi) is 5.60. The van der Waals surface area contributed by atoms with E-state index < -0.39 is 0 Å². The Morgan fingerprint density at radius 2 is 2.00 bits per heavy atom. The summed E-state index contributed by atoms with van der Waals surface area (Å²) in [6.45, 7) is 1.64. The molecule has 110 valence electrons. The zero-order valence-electron chi connectivity index (χ0n) is 11.7. The van der Waals surface area contributed by atoms with Crippen molar-refractivity contribution in [2.24, 2.45) is 0 Å². The van der Waals surface area contributed by atoms with E-state index in [-0.39, 0.29) is 11.6 Å². The zero-order chi connectivity index (χ0) is 14.9. The first kappa shape index (κ1) is 14.9. The maximum absolute atomic E-state index is 11.9. The number of pyridine rings is 1. The molecule has 2 heterocycles. The summed E-state index contributed by atoms with van der Waals surface area (Å²) >= 11 is 0. The lowest BCUT2D eigenvalue weighted by Gasteiger charge is -2.06. The Hall–Kier alpha value is -2.54. The molecule has 21 heavy (non-hydrogen) atoms. The van der Waals surface area contributed by atoms with Crippen LogP contribution in [0.3, 0.4) is 0 Å². The van der Waals surface area contributed by atoms with Gasteiger partial charge in [0.25, 0.3) is 5.91 Å². The molecule has 1 amide bonds. The molecule has 0 fully saturated rings. The first-order valence-corrected chi connectivity index (χ1v) is 6.53. The molecule has 2 rings (SSSR count). The van der Waals surface area contributed by atoms with Gasteiger partial charge in [0.15, 0.2) is 5.69 Å². The van der Waals surface area contributed by atoms with E-state index >= 15 is 0 Å². The number of methoxy groups -OCH3 is 1. The van der Waals surface area contributed by atoms with Gasteiger partial charge in [-0.2, -0.15) is 0 Å². The molecule has 2 aromatic rings. The highest BCUT2D eigenvalue weighted by molar-refractivity contribution is 5.92. The van der Waals surface area contributed by atoms with E-state index in [2.05, 4.69) is 25.8 Å². The number of nitrogens with one attached hydrogen (secondary N) is 2. The molecular weight excluding hydrogens is 270 g/mol. The normalized spacial score (nSPS) is 10.1. The number of hydrogen-bond acceptors (Lipinski definition) is 6. The van der Waals surface area contributed by atoms with E-state index in [4.69, 9.17) is 4.74 Å². The van der Waals surface area contributed by atoms with Gasteiger partial charge in [-0.05, 0) is 29.8 Å². The molecule has 0 spiro atoms. The van der Waals surface area contributed by atoms with Crippen molar-refractivity contribution < 1.29 is 9.53 Å². The number of carbonyl (C=O) groups excluding carboxylic acids is 1. The molecule has 0 aromatic carbocycles. The molecule has 0 aliphatic carbocycles.